The van der Waals surface area contributed by atoms with Crippen LogP contribution in [0.4, 0.5) is 11.6 Å². The number of nitrogens with one attached hydrogen (secondary N) is 1. The number of anilines is 2. The summed E-state index contributed by atoms with van der Waals surface area (Å²) >= 11 is 0. The Labute approximate surface area is 186 Å². The molecule has 0 unspecified atom stereocenters. The number of nitrogens with zero attached hydrogens (tertiary/aromatic N) is 3. The number of piperidine rings is 1. The van der Waals surface area contributed by atoms with Crippen LogP contribution in [0.2, 0.25) is 0 Å². The van der Waals surface area contributed by atoms with Crippen molar-refractivity contribution in [3.8, 4) is 11.5 Å². The first-order valence-electron chi connectivity index (χ1n) is 10.5. The molecule has 0 spiro atoms. The molecule has 164 valence electrons. The molecule has 1 N–H and O–H groups in total. The van der Waals surface area contributed by atoms with E-state index >= 15 is 0 Å². The van der Waals surface area contributed by atoms with E-state index in [4.69, 9.17) is 9.47 Å². The summed E-state index contributed by atoms with van der Waals surface area (Å²) in [6.45, 7) is 0.987. The van der Waals surface area contributed by atoms with E-state index in [1.54, 1.807) is 36.7 Å². The Morgan fingerprint density at radius 1 is 0.938 bits per heavy atom. The van der Waals surface area contributed by atoms with Crippen molar-refractivity contribution in [2.45, 2.75) is 12.8 Å². The van der Waals surface area contributed by atoms with E-state index in [1.807, 2.05) is 41.3 Å². The standard InChI is InChI=1S/C24H24N4O4/c29-22(27-20-9-4-5-10-21(20)32-19-7-2-1-3-8-19)17-31-23(30)18-11-15-28(16-12-18)24-25-13-6-14-26-24/h1-10,13-14,18H,11-12,15-17H2,(H,27,29). The number of hydrogen-bond donors (Lipinski definition) is 1. The fourth-order valence-electron chi connectivity index (χ4n) is 3.48. The van der Waals surface area contributed by atoms with E-state index in [0.29, 0.717) is 49.1 Å². The van der Waals surface area contributed by atoms with E-state index < -0.39 is 5.91 Å². The van der Waals surface area contributed by atoms with Gasteiger partial charge in [-0.3, -0.25) is 9.59 Å². The maximum atomic E-state index is 12.4. The molecule has 0 saturated carbocycles. The Morgan fingerprint density at radius 3 is 2.38 bits per heavy atom. The van der Waals surface area contributed by atoms with Crippen molar-refractivity contribution in [2.75, 3.05) is 29.9 Å². The minimum absolute atomic E-state index is 0.239. The summed E-state index contributed by atoms with van der Waals surface area (Å²) in [6.07, 6.45) is 4.66. The molecule has 1 fully saturated rings. The molecule has 32 heavy (non-hydrogen) atoms. The fraction of sp³-hybridized carbons (Fsp3) is 0.250. The van der Waals surface area contributed by atoms with Gasteiger partial charge in [-0.05, 0) is 43.2 Å². The molecule has 1 aromatic heterocycles. The van der Waals surface area contributed by atoms with Gasteiger partial charge in [0.25, 0.3) is 5.91 Å². The van der Waals surface area contributed by atoms with E-state index in [2.05, 4.69) is 15.3 Å². The first kappa shape index (κ1) is 21.3. The largest absolute Gasteiger partial charge is 0.455 e. The van der Waals surface area contributed by atoms with E-state index in [1.165, 1.54) is 0 Å². The van der Waals surface area contributed by atoms with E-state index in [-0.39, 0.29) is 18.5 Å². The van der Waals surface area contributed by atoms with Crippen molar-refractivity contribution in [1.82, 2.24) is 9.97 Å². The maximum Gasteiger partial charge on any atom is 0.309 e. The minimum atomic E-state index is -0.419. The Balaban J connectivity index is 1.25. The van der Waals surface area contributed by atoms with Gasteiger partial charge in [0, 0.05) is 25.5 Å². The smallest absolute Gasteiger partial charge is 0.309 e. The van der Waals surface area contributed by atoms with Gasteiger partial charge in [-0.2, -0.15) is 0 Å². The van der Waals surface area contributed by atoms with Gasteiger partial charge in [0.05, 0.1) is 11.6 Å². The van der Waals surface area contributed by atoms with Gasteiger partial charge in [-0.1, -0.05) is 30.3 Å². The van der Waals surface area contributed by atoms with Gasteiger partial charge in [-0.15, -0.1) is 0 Å². The Morgan fingerprint density at radius 2 is 1.62 bits per heavy atom. The summed E-state index contributed by atoms with van der Waals surface area (Å²) in [6, 6.07) is 18.2. The molecule has 0 aliphatic carbocycles. The van der Waals surface area contributed by atoms with Crippen LogP contribution in [-0.4, -0.2) is 41.5 Å². The van der Waals surface area contributed by atoms with Crippen LogP contribution in [0.3, 0.4) is 0 Å². The van der Waals surface area contributed by atoms with Crippen molar-refractivity contribution in [2.24, 2.45) is 5.92 Å². The number of hydrogen-bond acceptors (Lipinski definition) is 7. The lowest BCUT2D eigenvalue weighted by Crippen LogP contribution is -2.38. The lowest BCUT2D eigenvalue weighted by molar-refractivity contribution is -0.152. The predicted octanol–water partition coefficient (Wildman–Crippen LogP) is 3.67. The molecule has 1 aliphatic rings. The highest BCUT2D eigenvalue weighted by Gasteiger charge is 2.27. The number of amides is 1. The summed E-state index contributed by atoms with van der Waals surface area (Å²) in [7, 11) is 0. The Hall–Kier alpha value is -3.94. The van der Waals surface area contributed by atoms with Crippen LogP contribution < -0.4 is 15.0 Å². The normalized spacial score (nSPS) is 13.9. The molecular weight excluding hydrogens is 408 g/mol. The van der Waals surface area contributed by atoms with Crippen LogP contribution in [0.15, 0.2) is 73.1 Å². The maximum absolute atomic E-state index is 12.4. The second-order valence-corrected chi connectivity index (χ2v) is 7.38. The Kier molecular flexibility index (Phi) is 6.91. The third-order valence-corrected chi connectivity index (χ3v) is 5.14. The zero-order valence-electron chi connectivity index (χ0n) is 17.5. The van der Waals surface area contributed by atoms with Crippen LogP contribution in [0.25, 0.3) is 0 Å². The fourth-order valence-corrected chi connectivity index (χ4v) is 3.48. The van der Waals surface area contributed by atoms with Gasteiger partial charge in [0.2, 0.25) is 5.95 Å². The molecular formula is C24H24N4O4. The van der Waals surface area contributed by atoms with Crippen molar-refractivity contribution < 1.29 is 19.1 Å². The van der Waals surface area contributed by atoms with Crippen LogP contribution >= 0.6 is 0 Å². The number of aromatic nitrogens is 2. The van der Waals surface area contributed by atoms with Crippen molar-refractivity contribution in [1.29, 1.82) is 0 Å². The average molecular weight is 432 g/mol. The zero-order chi connectivity index (χ0) is 22.2. The summed E-state index contributed by atoms with van der Waals surface area (Å²) < 4.78 is 11.1. The summed E-state index contributed by atoms with van der Waals surface area (Å²) in [4.78, 5) is 35.3. The molecule has 1 amide bonds. The summed E-state index contributed by atoms with van der Waals surface area (Å²) in [5.74, 6) is 0.813. The van der Waals surface area contributed by atoms with Gasteiger partial charge in [0.1, 0.15) is 5.75 Å². The molecule has 1 aliphatic heterocycles. The third-order valence-electron chi connectivity index (χ3n) is 5.14. The molecule has 3 aromatic rings. The zero-order valence-corrected chi connectivity index (χ0v) is 17.5. The van der Waals surface area contributed by atoms with Crippen LogP contribution in [0, 0.1) is 5.92 Å². The molecule has 0 radical (unpaired) electrons. The van der Waals surface area contributed by atoms with Crippen molar-refractivity contribution in [3.63, 3.8) is 0 Å². The highest BCUT2D eigenvalue weighted by molar-refractivity contribution is 5.94. The second kappa shape index (κ2) is 10.4. The lowest BCUT2D eigenvalue weighted by atomic mass is 9.97. The average Bonchev–Trinajstić information content (AvgIpc) is 2.85. The summed E-state index contributed by atoms with van der Waals surface area (Å²) in [5.41, 5.74) is 0.508. The molecule has 8 heteroatoms. The molecule has 4 rings (SSSR count). The van der Waals surface area contributed by atoms with Gasteiger partial charge < -0.3 is 19.7 Å². The van der Waals surface area contributed by atoms with Crippen LogP contribution in [-0.2, 0) is 14.3 Å². The van der Waals surface area contributed by atoms with Gasteiger partial charge >= 0.3 is 5.97 Å². The van der Waals surface area contributed by atoms with Crippen molar-refractivity contribution >= 4 is 23.5 Å². The highest BCUT2D eigenvalue weighted by Crippen LogP contribution is 2.29. The SMILES string of the molecule is O=C(COC(=O)C1CCN(c2ncccn2)CC1)Nc1ccccc1Oc1ccccc1. The number of rotatable bonds is 7. The number of ether oxygens (including phenoxy) is 2. The molecule has 1 saturated heterocycles. The molecule has 2 heterocycles. The number of esters is 1. The molecule has 0 bridgehead atoms. The summed E-state index contributed by atoms with van der Waals surface area (Å²) in [5, 5.41) is 2.75. The second-order valence-electron chi connectivity index (χ2n) is 7.38. The molecule has 0 atom stereocenters. The van der Waals surface area contributed by atoms with Crippen molar-refractivity contribution in [3.05, 3.63) is 73.1 Å². The molecule has 2 aromatic carbocycles. The van der Waals surface area contributed by atoms with Gasteiger partial charge in [0.15, 0.2) is 12.4 Å². The van der Waals surface area contributed by atoms with Crippen LogP contribution in [0.1, 0.15) is 12.8 Å². The highest BCUT2D eigenvalue weighted by atomic mass is 16.5. The quantitative estimate of drug-likeness (QED) is 0.570. The predicted molar refractivity (Wildman–Crippen MR) is 120 cm³/mol. The first-order chi connectivity index (χ1) is 15.7. The Bertz CT molecular complexity index is 1040. The lowest BCUT2D eigenvalue weighted by Gasteiger charge is -2.30. The number of carbonyl (C=O) groups excluding carboxylic acids is 2. The molecule has 8 nitrogen and oxygen atoms in total. The number of para-hydroxylation sites is 3. The van der Waals surface area contributed by atoms with Gasteiger partial charge in [-0.25, -0.2) is 9.97 Å². The van der Waals surface area contributed by atoms with E-state index in [9.17, 15) is 9.59 Å². The van der Waals surface area contributed by atoms with E-state index in [0.717, 1.165) is 0 Å². The topological polar surface area (TPSA) is 93.7 Å². The monoisotopic (exact) mass is 432 g/mol. The third kappa shape index (κ3) is 5.60. The number of benzene rings is 2. The first-order valence-corrected chi connectivity index (χ1v) is 10.5. The van der Waals surface area contributed by atoms with Crippen LogP contribution in [0.5, 0.6) is 11.5 Å². The number of carbonyl (C=O) groups is 2. The minimum Gasteiger partial charge on any atom is -0.455 e.